The predicted molar refractivity (Wildman–Crippen MR) is 76.7 cm³/mol. The van der Waals surface area contributed by atoms with Crippen LogP contribution in [0.25, 0.3) is 0 Å². The fourth-order valence-corrected chi connectivity index (χ4v) is 1.74. The van der Waals surface area contributed by atoms with Gasteiger partial charge in [-0.1, -0.05) is 34.6 Å². The fourth-order valence-electron chi connectivity index (χ4n) is 1.74. The maximum atomic E-state index is 12.2. The van der Waals surface area contributed by atoms with E-state index in [1.54, 1.807) is 18.2 Å². The summed E-state index contributed by atoms with van der Waals surface area (Å²) in [4.78, 5) is 24.3. The molecule has 0 fully saturated rings. The first-order valence-corrected chi connectivity index (χ1v) is 6.76. The number of ether oxygens (including phenoxy) is 1. The highest BCUT2D eigenvalue weighted by molar-refractivity contribution is 5.77. The van der Waals surface area contributed by atoms with Gasteiger partial charge in [0, 0.05) is 25.3 Å². The fraction of sp³-hybridized carbons (Fsp3) is 0.800. The van der Waals surface area contributed by atoms with Gasteiger partial charge in [0.25, 0.3) is 6.26 Å². The maximum Gasteiger partial charge on any atom is 0.286 e. The van der Waals surface area contributed by atoms with Crippen LogP contribution in [0.15, 0.2) is 0 Å². The number of nitrogens with zero attached hydrogens (tertiary/aromatic N) is 2. The first-order valence-electron chi connectivity index (χ1n) is 6.76. The molecule has 0 bridgehead atoms. The zero-order valence-electron chi connectivity index (χ0n) is 13.4. The van der Waals surface area contributed by atoms with Crippen molar-refractivity contribution < 1.29 is 14.3 Å². The van der Waals surface area contributed by atoms with Crippen LogP contribution in [0.4, 0.5) is 0 Å². The van der Waals surface area contributed by atoms with Gasteiger partial charge in [0.1, 0.15) is 12.4 Å². The first-order chi connectivity index (χ1) is 9.03. The molecule has 0 saturated carbocycles. The Hall–Kier alpha value is -1.57. The topological polar surface area (TPSA) is 70.4 Å². The number of rotatable bonds is 7. The van der Waals surface area contributed by atoms with Gasteiger partial charge in [0.05, 0.1) is 6.54 Å². The van der Waals surface area contributed by atoms with Crippen molar-refractivity contribution in [3.05, 3.63) is 0 Å². The summed E-state index contributed by atoms with van der Waals surface area (Å²) in [5, 5.41) is 8.69. The van der Waals surface area contributed by atoms with Crippen LogP contribution < -0.4 is 0 Å². The normalized spacial score (nSPS) is 13.2. The summed E-state index contributed by atoms with van der Waals surface area (Å²) in [7, 11) is 1.69. The molecule has 0 aromatic rings. The quantitative estimate of drug-likeness (QED) is 0.531. The molecule has 0 heterocycles. The Kier molecular flexibility index (Phi) is 6.70. The lowest BCUT2D eigenvalue weighted by Crippen LogP contribution is -2.42. The van der Waals surface area contributed by atoms with Crippen LogP contribution in [0, 0.1) is 22.3 Å². The molecule has 20 heavy (non-hydrogen) atoms. The van der Waals surface area contributed by atoms with E-state index in [2.05, 4.69) is 0 Å². The van der Waals surface area contributed by atoms with E-state index in [-0.39, 0.29) is 22.8 Å². The molecule has 0 N–H and O–H groups in total. The van der Waals surface area contributed by atoms with E-state index in [4.69, 9.17) is 10.00 Å². The Morgan fingerprint density at radius 3 is 2.30 bits per heavy atom. The lowest BCUT2D eigenvalue weighted by atomic mass is 9.85. The molecular formula is C15H26N2O3. The van der Waals surface area contributed by atoms with Crippen molar-refractivity contribution in [2.75, 3.05) is 13.6 Å². The van der Waals surface area contributed by atoms with Crippen molar-refractivity contribution in [1.29, 1.82) is 5.26 Å². The lowest BCUT2D eigenvalue weighted by Gasteiger charge is -2.32. The molecule has 0 rings (SSSR count). The van der Waals surface area contributed by atoms with E-state index < -0.39 is 0 Å². The van der Waals surface area contributed by atoms with Crippen LogP contribution in [0.3, 0.4) is 0 Å². The van der Waals surface area contributed by atoms with E-state index in [0.717, 1.165) is 6.29 Å². The molecule has 0 aliphatic rings. The highest BCUT2D eigenvalue weighted by atomic mass is 16.5. The third kappa shape index (κ3) is 6.55. The molecular weight excluding hydrogens is 256 g/mol. The Balaban J connectivity index is 4.66. The van der Waals surface area contributed by atoms with Crippen LogP contribution in [-0.4, -0.2) is 36.8 Å². The van der Waals surface area contributed by atoms with Crippen LogP contribution in [0.5, 0.6) is 0 Å². The number of hydrogen-bond acceptors (Lipinski definition) is 4. The molecule has 114 valence electrons. The smallest absolute Gasteiger partial charge is 0.286 e. The average Bonchev–Trinajstić information content (AvgIpc) is 2.26. The summed E-state index contributed by atoms with van der Waals surface area (Å²) in [6.45, 7) is 10.0. The Morgan fingerprint density at radius 1 is 1.35 bits per heavy atom. The summed E-state index contributed by atoms with van der Waals surface area (Å²) in [6, 6.07) is 0. The van der Waals surface area contributed by atoms with E-state index in [1.807, 2.05) is 34.6 Å². The standard InChI is InChI=1S/C15H26N2O3/c1-14(2,3)12(20-11-16)10-17(6)13(19)9-15(4,5)7-8-18/h8,12H,7,9-10H2,1-6H3. The van der Waals surface area contributed by atoms with Gasteiger partial charge in [-0.2, -0.15) is 5.26 Å². The second kappa shape index (κ2) is 7.28. The van der Waals surface area contributed by atoms with Gasteiger partial charge in [-0.15, -0.1) is 0 Å². The van der Waals surface area contributed by atoms with E-state index >= 15 is 0 Å². The minimum absolute atomic E-state index is 0.0485. The second-order valence-electron chi connectivity index (χ2n) is 7.05. The van der Waals surface area contributed by atoms with E-state index in [1.165, 1.54) is 0 Å². The number of hydrogen-bond donors (Lipinski definition) is 0. The van der Waals surface area contributed by atoms with Crippen molar-refractivity contribution in [3.8, 4) is 6.26 Å². The lowest BCUT2D eigenvalue weighted by molar-refractivity contribution is -0.134. The van der Waals surface area contributed by atoms with Gasteiger partial charge in [0.15, 0.2) is 0 Å². The Morgan fingerprint density at radius 2 is 1.90 bits per heavy atom. The van der Waals surface area contributed by atoms with Gasteiger partial charge in [-0.25, -0.2) is 0 Å². The van der Waals surface area contributed by atoms with Gasteiger partial charge >= 0.3 is 0 Å². The molecule has 5 heteroatoms. The molecule has 0 spiro atoms. The monoisotopic (exact) mass is 282 g/mol. The minimum atomic E-state index is -0.351. The van der Waals surface area contributed by atoms with E-state index in [0.29, 0.717) is 19.4 Å². The average molecular weight is 282 g/mol. The molecule has 1 unspecified atom stereocenters. The summed E-state index contributed by atoms with van der Waals surface area (Å²) < 4.78 is 5.06. The number of amides is 1. The zero-order valence-corrected chi connectivity index (χ0v) is 13.4. The molecule has 0 saturated heterocycles. The number of carbonyl (C=O) groups excluding carboxylic acids is 2. The van der Waals surface area contributed by atoms with Crippen molar-refractivity contribution in [2.24, 2.45) is 10.8 Å². The Labute approximate surface area is 121 Å². The third-order valence-corrected chi connectivity index (χ3v) is 3.29. The van der Waals surface area contributed by atoms with Crippen molar-refractivity contribution >= 4 is 12.2 Å². The first kappa shape index (κ1) is 18.4. The van der Waals surface area contributed by atoms with Gasteiger partial charge in [0.2, 0.25) is 5.91 Å². The van der Waals surface area contributed by atoms with Gasteiger partial charge in [-0.05, 0) is 5.41 Å². The predicted octanol–water partition coefficient (Wildman–Crippen LogP) is 2.36. The highest BCUT2D eigenvalue weighted by Gasteiger charge is 2.30. The van der Waals surface area contributed by atoms with Crippen molar-refractivity contribution in [3.63, 3.8) is 0 Å². The van der Waals surface area contributed by atoms with Crippen LogP contribution in [0.2, 0.25) is 0 Å². The highest BCUT2D eigenvalue weighted by Crippen LogP contribution is 2.26. The molecule has 5 nitrogen and oxygen atoms in total. The molecule has 0 aromatic carbocycles. The third-order valence-electron chi connectivity index (χ3n) is 3.29. The zero-order chi connectivity index (χ0) is 16.0. The van der Waals surface area contributed by atoms with Gasteiger partial charge < -0.3 is 14.4 Å². The SMILES string of the molecule is CN(CC(OC#N)C(C)(C)C)C(=O)CC(C)(C)CC=O. The maximum absolute atomic E-state index is 12.2. The molecule has 0 aliphatic carbocycles. The summed E-state index contributed by atoms with van der Waals surface area (Å²) in [5.74, 6) is -0.0485. The molecule has 0 aromatic heterocycles. The molecule has 0 radical (unpaired) electrons. The van der Waals surface area contributed by atoms with E-state index in [9.17, 15) is 9.59 Å². The Bertz CT molecular complexity index is 378. The van der Waals surface area contributed by atoms with Crippen molar-refractivity contribution in [1.82, 2.24) is 4.90 Å². The van der Waals surface area contributed by atoms with Crippen molar-refractivity contribution in [2.45, 2.75) is 53.6 Å². The summed E-state index contributed by atoms with van der Waals surface area (Å²) in [5.41, 5.74) is -0.580. The molecule has 0 aliphatic heterocycles. The van der Waals surface area contributed by atoms with Crippen LogP contribution in [0.1, 0.15) is 47.5 Å². The second-order valence-corrected chi connectivity index (χ2v) is 7.05. The number of aldehydes is 1. The number of likely N-dealkylation sites (N-methyl/N-ethyl adjacent to an activating group) is 1. The van der Waals surface area contributed by atoms with Crippen LogP contribution >= 0.6 is 0 Å². The minimum Gasteiger partial charge on any atom is -0.422 e. The molecule has 1 amide bonds. The number of nitriles is 1. The summed E-state index contributed by atoms with van der Waals surface area (Å²) >= 11 is 0. The van der Waals surface area contributed by atoms with Crippen LogP contribution in [-0.2, 0) is 14.3 Å². The molecule has 1 atom stereocenters. The largest absolute Gasteiger partial charge is 0.422 e. The van der Waals surface area contributed by atoms with Gasteiger partial charge in [-0.3, -0.25) is 4.79 Å². The number of carbonyl (C=O) groups is 2. The summed E-state index contributed by atoms with van der Waals surface area (Å²) in [6.07, 6.45) is 2.84.